The first-order valence-electron chi connectivity index (χ1n) is 23.6. The number of hydrogen-bond donors (Lipinski definition) is 3. The molecule has 0 rings (SSSR count). The van der Waals surface area contributed by atoms with Gasteiger partial charge >= 0.3 is 5.97 Å². The Bertz CT molecular complexity index is 843. The first-order chi connectivity index (χ1) is 26.5. The molecule has 0 radical (unpaired) electrons. The summed E-state index contributed by atoms with van der Waals surface area (Å²) in [7, 11) is 0. The zero-order valence-corrected chi connectivity index (χ0v) is 36.0. The number of esters is 1. The maximum absolute atomic E-state index is 12.4. The number of aliphatic hydroxyl groups excluding tert-OH is 2. The lowest BCUT2D eigenvalue weighted by Crippen LogP contribution is -2.45. The highest BCUT2D eigenvalue weighted by Gasteiger charge is 2.20. The molecular formula is C48H91NO5. The van der Waals surface area contributed by atoms with E-state index in [0.717, 1.165) is 77.0 Å². The second kappa shape index (κ2) is 44.1. The number of aliphatic hydroxyl groups is 2. The summed E-state index contributed by atoms with van der Waals surface area (Å²) in [5, 5.41) is 23.1. The van der Waals surface area contributed by atoms with E-state index in [0.29, 0.717) is 25.9 Å². The smallest absolute Gasteiger partial charge is 0.305 e. The highest BCUT2D eigenvalue weighted by molar-refractivity contribution is 5.76. The van der Waals surface area contributed by atoms with Gasteiger partial charge in [-0.2, -0.15) is 0 Å². The van der Waals surface area contributed by atoms with Crippen LogP contribution in [0.3, 0.4) is 0 Å². The van der Waals surface area contributed by atoms with E-state index in [1.54, 1.807) is 0 Å². The van der Waals surface area contributed by atoms with E-state index in [1.807, 2.05) is 0 Å². The summed E-state index contributed by atoms with van der Waals surface area (Å²) in [4.78, 5) is 24.4. The first-order valence-corrected chi connectivity index (χ1v) is 23.6. The number of carbonyl (C=O) groups excluding carboxylic acids is 2. The van der Waals surface area contributed by atoms with Crippen LogP contribution in [0.2, 0.25) is 0 Å². The van der Waals surface area contributed by atoms with Gasteiger partial charge in [0, 0.05) is 12.8 Å². The summed E-state index contributed by atoms with van der Waals surface area (Å²) in [6, 6.07) is -0.565. The quantitative estimate of drug-likeness (QED) is 0.0327. The summed E-state index contributed by atoms with van der Waals surface area (Å²) in [6.07, 6.45) is 50.0. The van der Waals surface area contributed by atoms with Gasteiger partial charge in [-0.05, 0) is 77.0 Å². The summed E-state index contributed by atoms with van der Waals surface area (Å²) in [5.74, 6) is -0.118. The summed E-state index contributed by atoms with van der Waals surface area (Å²) < 4.78 is 5.42. The third kappa shape index (κ3) is 40.0. The number of unbranched alkanes of at least 4 members (excludes halogenated alkanes) is 28. The van der Waals surface area contributed by atoms with Gasteiger partial charge in [0.05, 0.1) is 25.4 Å². The maximum atomic E-state index is 12.4. The SMILES string of the molecule is CCCCCCCCC/C=C\CCCCCCCC(=O)OCCCC/C=C\CCCCCCC(=O)NC(CO)C(O)CCCCCCCCCCCCC. The first kappa shape index (κ1) is 52.3. The van der Waals surface area contributed by atoms with Crippen LogP contribution in [0.1, 0.15) is 245 Å². The molecule has 0 fully saturated rings. The molecule has 0 bridgehead atoms. The van der Waals surface area contributed by atoms with Crippen LogP contribution in [0.5, 0.6) is 0 Å². The average molecular weight is 762 g/mol. The Labute approximate surface area is 335 Å². The maximum Gasteiger partial charge on any atom is 0.305 e. The number of allylic oxidation sites excluding steroid dienone is 4. The van der Waals surface area contributed by atoms with Crippen molar-refractivity contribution >= 4 is 11.9 Å². The predicted molar refractivity (Wildman–Crippen MR) is 232 cm³/mol. The molecule has 6 heteroatoms. The van der Waals surface area contributed by atoms with Crippen LogP contribution in [-0.4, -0.2) is 47.4 Å². The molecule has 3 N–H and O–H groups in total. The molecule has 0 heterocycles. The van der Waals surface area contributed by atoms with Crippen LogP contribution < -0.4 is 5.32 Å². The van der Waals surface area contributed by atoms with Crippen LogP contribution in [0, 0.1) is 0 Å². The molecule has 318 valence electrons. The van der Waals surface area contributed by atoms with Crippen LogP contribution >= 0.6 is 0 Å². The van der Waals surface area contributed by atoms with Gasteiger partial charge in [-0.15, -0.1) is 0 Å². The Morgan fingerprint density at radius 1 is 0.500 bits per heavy atom. The van der Waals surface area contributed by atoms with Gasteiger partial charge in [-0.1, -0.05) is 179 Å². The molecule has 1 amide bonds. The Balaban J connectivity index is 3.53. The second-order valence-corrected chi connectivity index (χ2v) is 16.1. The lowest BCUT2D eigenvalue weighted by molar-refractivity contribution is -0.143. The van der Waals surface area contributed by atoms with E-state index in [1.165, 1.54) is 135 Å². The monoisotopic (exact) mass is 762 g/mol. The van der Waals surface area contributed by atoms with Crippen LogP contribution in [-0.2, 0) is 14.3 Å². The van der Waals surface area contributed by atoms with Crippen LogP contribution in [0.25, 0.3) is 0 Å². The number of ether oxygens (including phenoxy) is 1. The van der Waals surface area contributed by atoms with Gasteiger partial charge < -0.3 is 20.3 Å². The van der Waals surface area contributed by atoms with Gasteiger partial charge in [0.1, 0.15) is 0 Å². The van der Waals surface area contributed by atoms with Gasteiger partial charge in [-0.25, -0.2) is 0 Å². The van der Waals surface area contributed by atoms with Crippen molar-refractivity contribution in [2.75, 3.05) is 13.2 Å². The fourth-order valence-corrected chi connectivity index (χ4v) is 7.04. The molecule has 0 aromatic heterocycles. The highest BCUT2D eigenvalue weighted by Crippen LogP contribution is 2.15. The lowest BCUT2D eigenvalue weighted by Gasteiger charge is -2.22. The number of amides is 1. The molecule has 0 aromatic carbocycles. The minimum Gasteiger partial charge on any atom is -0.466 e. The number of carbonyl (C=O) groups is 2. The number of rotatable bonds is 43. The predicted octanol–water partition coefficient (Wildman–Crippen LogP) is 13.6. The van der Waals surface area contributed by atoms with Crippen LogP contribution in [0.4, 0.5) is 0 Å². The van der Waals surface area contributed by atoms with E-state index in [2.05, 4.69) is 43.5 Å². The van der Waals surface area contributed by atoms with Crippen molar-refractivity contribution < 1.29 is 24.5 Å². The zero-order chi connectivity index (χ0) is 39.4. The fraction of sp³-hybridized carbons (Fsp3) is 0.875. The van der Waals surface area contributed by atoms with Gasteiger partial charge in [0.25, 0.3) is 0 Å². The Morgan fingerprint density at radius 3 is 1.31 bits per heavy atom. The van der Waals surface area contributed by atoms with E-state index in [9.17, 15) is 19.8 Å². The van der Waals surface area contributed by atoms with Gasteiger partial charge in [-0.3, -0.25) is 9.59 Å². The minimum atomic E-state index is -0.684. The number of nitrogens with one attached hydrogen (secondary N) is 1. The Morgan fingerprint density at radius 2 is 0.870 bits per heavy atom. The molecule has 6 nitrogen and oxygen atoms in total. The topological polar surface area (TPSA) is 95.9 Å². The summed E-state index contributed by atoms with van der Waals surface area (Å²) >= 11 is 0. The van der Waals surface area contributed by atoms with Gasteiger partial charge in [0.15, 0.2) is 0 Å². The molecular weight excluding hydrogens is 671 g/mol. The van der Waals surface area contributed by atoms with Crippen LogP contribution in [0.15, 0.2) is 24.3 Å². The third-order valence-corrected chi connectivity index (χ3v) is 10.7. The van der Waals surface area contributed by atoms with Crippen molar-refractivity contribution in [2.45, 2.75) is 257 Å². The average Bonchev–Trinajstić information content (AvgIpc) is 3.17. The number of hydrogen-bond acceptors (Lipinski definition) is 5. The van der Waals surface area contributed by atoms with Crippen molar-refractivity contribution in [1.29, 1.82) is 0 Å². The van der Waals surface area contributed by atoms with E-state index >= 15 is 0 Å². The second-order valence-electron chi connectivity index (χ2n) is 16.1. The van der Waals surface area contributed by atoms with Crippen molar-refractivity contribution in [2.24, 2.45) is 0 Å². The molecule has 0 aromatic rings. The minimum absolute atomic E-state index is 0.0445. The molecule has 2 atom stereocenters. The van der Waals surface area contributed by atoms with E-state index in [4.69, 9.17) is 4.74 Å². The van der Waals surface area contributed by atoms with Crippen molar-refractivity contribution in [3.63, 3.8) is 0 Å². The van der Waals surface area contributed by atoms with E-state index < -0.39 is 12.1 Å². The van der Waals surface area contributed by atoms with E-state index in [-0.39, 0.29) is 18.5 Å². The Kier molecular flexibility index (Phi) is 42.7. The molecule has 0 saturated heterocycles. The molecule has 0 aliphatic carbocycles. The van der Waals surface area contributed by atoms with Crippen molar-refractivity contribution in [3.8, 4) is 0 Å². The summed E-state index contributed by atoms with van der Waals surface area (Å²) in [6.45, 7) is 4.84. The lowest BCUT2D eigenvalue weighted by atomic mass is 10.0. The standard InChI is InChI=1S/C48H91NO5/c1-3-5-7-9-11-13-15-16-17-18-19-21-26-30-34-38-42-48(53)54-43-39-35-31-27-23-22-25-29-33-37-41-47(52)49-45(44-50)46(51)40-36-32-28-24-20-14-12-10-8-6-4-2/h17-18,23,27,45-46,50-51H,3-16,19-22,24-26,28-44H2,1-2H3,(H,49,52)/b18-17-,27-23-. The third-order valence-electron chi connectivity index (χ3n) is 10.7. The Hall–Kier alpha value is -1.66. The van der Waals surface area contributed by atoms with Gasteiger partial charge in [0.2, 0.25) is 5.91 Å². The largest absolute Gasteiger partial charge is 0.466 e. The molecule has 2 unspecified atom stereocenters. The molecule has 0 aliphatic rings. The highest BCUT2D eigenvalue weighted by atomic mass is 16.5. The van der Waals surface area contributed by atoms with Crippen molar-refractivity contribution in [1.82, 2.24) is 5.32 Å². The molecule has 0 spiro atoms. The molecule has 54 heavy (non-hydrogen) atoms. The fourth-order valence-electron chi connectivity index (χ4n) is 7.04. The zero-order valence-electron chi connectivity index (χ0n) is 36.0. The molecule has 0 saturated carbocycles. The summed E-state index contributed by atoms with van der Waals surface area (Å²) in [5.41, 5.74) is 0. The van der Waals surface area contributed by atoms with Crippen molar-refractivity contribution in [3.05, 3.63) is 24.3 Å². The normalized spacial score (nSPS) is 12.9. The molecule has 0 aliphatic heterocycles.